The van der Waals surface area contributed by atoms with Crippen LogP contribution >= 0.6 is 68.0 Å². The third-order valence-electron chi connectivity index (χ3n) is 12.4. The Morgan fingerprint density at radius 2 is 0.735 bits per heavy atom. The Labute approximate surface area is 416 Å². The van der Waals surface area contributed by atoms with Crippen LogP contribution in [-0.2, 0) is 0 Å². The van der Waals surface area contributed by atoms with Crippen molar-refractivity contribution < 1.29 is 0 Å². The predicted octanol–water partition coefficient (Wildman–Crippen LogP) is 14.6. The summed E-state index contributed by atoms with van der Waals surface area (Å²) in [6.07, 6.45) is 4.38. The van der Waals surface area contributed by atoms with Crippen LogP contribution in [0.2, 0.25) is 0 Å². The van der Waals surface area contributed by atoms with Crippen molar-refractivity contribution in [3.63, 3.8) is 0 Å². The summed E-state index contributed by atoms with van der Waals surface area (Å²) < 4.78 is 6.02. The summed E-state index contributed by atoms with van der Waals surface area (Å²) in [6.45, 7) is 8.91. The minimum atomic E-state index is 0.138. The van der Waals surface area contributed by atoms with Crippen LogP contribution < -0.4 is 18.1 Å². The van der Waals surface area contributed by atoms with Gasteiger partial charge < -0.3 is 0 Å². The van der Waals surface area contributed by atoms with Crippen LogP contribution in [-0.4, -0.2) is 0 Å². The zero-order chi connectivity index (χ0) is 46.8. The number of hydrogen-bond donors (Lipinski definition) is 0. The molecule has 11 rings (SSSR count). The molecule has 5 aromatic carbocycles. The smallest absolute Gasteiger partial charge is 0.147 e. The quantitative estimate of drug-likeness (QED) is 0.166. The van der Waals surface area contributed by atoms with E-state index in [0.29, 0.717) is 9.06 Å². The number of nitrogens with zero attached hydrogens (tertiary/aromatic N) is 4. The molecule has 0 aliphatic carbocycles. The van der Waals surface area contributed by atoms with Crippen molar-refractivity contribution in [2.24, 2.45) is 0 Å². The monoisotopic (exact) mass is 978 g/mol. The first-order chi connectivity index (χ1) is 33.2. The van der Waals surface area contributed by atoms with Crippen molar-refractivity contribution in [2.45, 2.75) is 27.7 Å². The van der Waals surface area contributed by atoms with Gasteiger partial charge in [0, 0.05) is 91.2 Å². The van der Waals surface area contributed by atoms with E-state index >= 15 is 0 Å². The summed E-state index contributed by atoms with van der Waals surface area (Å²) >= 11 is 10.2. The highest BCUT2D eigenvalue weighted by atomic mass is 32.1. The van der Waals surface area contributed by atoms with Crippen molar-refractivity contribution in [3.8, 4) is 66.0 Å². The second-order valence-corrected chi connectivity index (χ2v) is 23.0. The lowest BCUT2D eigenvalue weighted by atomic mass is 9.87. The highest BCUT2D eigenvalue weighted by Gasteiger charge is 2.26. The lowest BCUT2D eigenvalue weighted by molar-refractivity contribution is 1.39. The Bertz CT molecular complexity index is 3970. The van der Waals surface area contributed by atoms with Crippen molar-refractivity contribution in [1.82, 2.24) is 0 Å². The van der Waals surface area contributed by atoms with E-state index in [2.05, 4.69) is 149 Å². The van der Waals surface area contributed by atoms with Gasteiger partial charge >= 0.3 is 0 Å². The summed E-state index contributed by atoms with van der Waals surface area (Å²) in [5, 5.41) is 45.5. The van der Waals surface area contributed by atoms with Gasteiger partial charge in [0.1, 0.15) is 35.4 Å². The van der Waals surface area contributed by atoms with Crippen LogP contribution in [0.15, 0.2) is 121 Å². The molecule has 10 heteroatoms. The maximum absolute atomic E-state index is 9.76. The maximum atomic E-state index is 9.76. The lowest BCUT2D eigenvalue weighted by Crippen LogP contribution is -1.98. The predicted molar refractivity (Wildman–Crippen MR) is 292 cm³/mol. The summed E-state index contributed by atoms with van der Waals surface area (Å²) in [5.41, 5.74) is 10.3. The van der Waals surface area contributed by atoms with Gasteiger partial charge in [0.25, 0.3) is 0 Å². The molecule has 0 atom stereocenters. The van der Waals surface area contributed by atoms with Crippen molar-refractivity contribution in [3.05, 3.63) is 171 Å². The Kier molecular flexibility index (Phi) is 11.1. The third kappa shape index (κ3) is 7.23. The fraction of sp³-hybridized carbons (Fsp3) is 0.0690. The van der Waals surface area contributed by atoms with Crippen LogP contribution in [0.3, 0.4) is 0 Å². The molecule has 11 aromatic rings. The average molecular weight is 979 g/mol. The highest BCUT2D eigenvalue weighted by Crippen LogP contribution is 2.54. The molecule has 322 valence electrons. The summed E-state index contributed by atoms with van der Waals surface area (Å²) in [6, 6.07) is 51.3. The zero-order valence-electron chi connectivity index (χ0n) is 36.9. The van der Waals surface area contributed by atoms with Crippen molar-refractivity contribution in [2.75, 3.05) is 0 Å². The number of rotatable bonds is 6. The number of hydrogen-bond acceptors (Lipinski definition) is 10. The minimum Gasteiger partial charge on any atom is -0.192 e. The molecule has 0 spiro atoms. The van der Waals surface area contributed by atoms with E-state index in [0.717, 1.165) is 40.4 Å². The second-order valence-electron chi connectivity index (χ2n) is 16.6. The molecule has 0 unspecified atom stereocenters. The molecule has 6 aromatic heterocycles. The summed E-state index contributed by atoms with van der Waals surface area (Å²) in [5.74, 6) is 0. The highest BCUT2D eigenvalue weighted by molar-refractivity contribution is 7.28. The van der Waals surface area contributed by atoms with E-state index in [-0.39, 0.29) is 11.1 Å². The van der Waals surface area contributed by atoms with Gasteiger partial charge in [0.15, 0.2) is 0 Å². The molecule has 6 heterocycles. The van der Waals surface area contributed by atoms with E-state index in [9.17, 15) is 21.0 Å². The summed E-state index contributed by atoms with van der Waals surface area (Å²) in [4.78, 5) is 7.00. The molecule has 0 N–H and O–H groups in total. The normalized spacial score (nSPS) is 11.9. The Morgan fingerprint density at radius 1 is 0.368 bits per heavy atom. The number of aryl methyl sites for hydroxylation is 4. The van der Waals surface area contributed by atoms with E-state index in [1.54, 1.807) is 22.7 Å². The van der Waals surface area contributed by atoms with Gasteiger partial charge in [-0.05, 0) is 110 Å². The van der Waals surface area contributed by atoms with Gasteiger partial charge in [0.2, 0.25) is 0 Å². The SMILES string of the molecule is Cc1cccc(C)c1-c1c2cc(-c3ccc(/C=c4\sc(=C(C#N)C#N)c5ccccc45)s3)sc2c(-c2c(C)cccc2C)c2cc(-c3ccc(/C=c4\sc(=C(C#N)C#N)c5ccccc45)s3)sc12. The fourth-order valence-corrected chi connectivity index (χ4v) is 16.4. The van der Waals surface area contributed by atoms with Gasteiger partial charge in [-0.15, -0.1) is 68.0 Å². The molecular weight excluding hydrogens is 945 g/mol. The molecular formula is C58H34N4S6. The van der Waals surface area contributed by atoms with Crippen LogP contribution in [0, 0.1) is 73.0 Å². The van der Waals surface area contributed by atoms with E-state index in [4.69, 9.17) is 0 Å². The number of nitriles is 4. The van der Waals surface area contributed by atoms with Gasteiger partial charge in [-0.25, -0.2) is 0 Å². The molecule has 0 fully saturated rings. The van der Waals surface area contributed by atoms with Gasteiger partial charge in [0.05, 0.1) is 9.06 Å². The van der Waals surface area contributed by atoms with Crippen LogP contribution in [0.5, 0.6) is 0 Å². The van der Waals surface area contributed by atoms with Gasteiger partial charge in [-0.2, -0.15) is 21.0 Å². The number of fused-ring (bicyclic) bond motifs is 4. The average Bonchev–Trinajstić information content (AvgIpc) is 4.22. The molecule has 68 heavy (non-hydrogen) atoms. The molecule has 0 aliphatic heterocycles. The first-order valence-electron chi connectivity index (χ1n) is 21.6. The molecule has 0 saturated carbocycles. The standard InChI is InChI=1S/C58H34N4S6/c1-31-11-9-12-32(2)51(31)53-43-25-49(45-21-19-37(63-45)23-47-39-15-5-7-17-41(39)55(65-47)35(27-59)28-60)68-58(43)54(52-33(3)13-10-14-34(52)4)44-26-50(67-57(44)53)46-22-20-38(64-46)24-48-40-16-6-8-18-42(40)56(66-48)36(29-61)30-62/h5-26H,1-4H3/b47-23-,48-24-. The van der Waals surface area contributed by atoms with Gasteiger partial charge in [-0.1, -0.05) is 84.9 Å². The third-order valence-corrected chi connectivity index (χ3v) is 19.5. The Balaban J connectivity index is 1.13. The first kappa shape index (κ1) is 43.4. The zero-order valence-corrected chi connectivity index (χ0v) is 41.8. The van der Waals surface area contributed by atoms with Crippen LogP contribution in [0.4, 0.5) is 0 Å². The minimum absolute atomic E-state index is 0.138. The first-order valence-corrected chi connectivity index (χ1v) is 26.5. The van der Waals surface area contributed by atoms with E-state index in [1.165, 1.54) is 107 Å². The summed E-state index contributed by atoms with van der Waals surface area (Å²) in [7, 11) is 0. The molecule has 0 aliphatic rings. The topological polar surface area (TPSA) is 95.2 Å². The molecule has 0 amide bonds. The van der Waals surface area contributed by atoms with Crippen LogP contribution in [0.1, 0.15) is 32.0 Å². The largest absolute Gasteiger partial charge is 0.192 e. The molecule has 0 radical (unpaired) electrons. The van der Waals surface area contributed by atoms with Crippen LogP contribution in [0.25, 0.3) is 107 Å². The fourth-order valence-electron chi connectivity index (χ4n) is 9.38. The van der Waals surface area contributed by atoms with E-state index in [1.807, 2.05) is 59.1 Å². The Morgan fingerprint density at radius 3 is 1.10 bits per heavy atom. The molecule has 0 saturated heterocycles. The van der Waals surface area contributed by atoms with Crippen molar-refractivity contribution in [1.29, 1.82) is 21.0 Å². The Hall–Kier alpha value is -7.22. The lowest BCUT2D eigenvalue weighted by Gasteiger charge is -2.18. The second kappa shape index (κ2) is 17.5. The van der Waals surface area contributed by atoms with E-state index < -0.39 is 0 Å². The van der Waals surface area contributed by atoms with Gasteiger partial charge in [-0.3, -0.25) is 0 Å². The number of thiophene rings is 6. The molecule has 0 bridgehead atoms. The van der Waals surface area contributed by atoms with Crippen molar-refractivity contribution >= 4 is 133 Å². The number of benzene rings is 5. The molecule has 4 nitrogen and oxygen atoms in total. The maximum Gasteiger partial charge on any atom is 0.147 e.